The normalized spacial score (nSPS) is 10.4. The third kappa shape index (κ3) is 4.88. The van der Waals surface area contributed by atoms with Crippen molar-refractivity contribution in [1.82, 2.24) is 9.78 Å². The smallest absolute Gasteiger partial charge is 0.229 e. The Bertz CT molecular complexity index is 891. The van der Waals surface area contributed by atoms with Crippen LogP contribution in [0.15, 0.2) is 60.9 Å². The molecule has 0 saturated carbocycles. The van der Waals surface area contributed by atoms with E-state index in [0.29, 0.717) is 30.4 Å². The minimum Gasteiger partial charge on any atom is -0.494 e. The molecule has 0 spiro atoms. The number of anilines is 1. The molecule has 0 unspecified atom stereocenters. The maximum Gasteiger partial charge on any atom is 0.229 e. The molecule has 3 aromatic rings. The van der Waals surface area contributed by atoms with E-state index >= 15 is 0 Å². The van der Waals surface area contributed by atoms with E-state index in [9.17, 15) is 4.79 Å². The van der Waals surface area contributed by atoms with Gasteiger partial charge in [0.05, 0.1) is 37.2 Å². The van der Waals surface area contributed by atoms with Crippen LogP contribution in [0.3, 0.4) is 0 Å². The Morgan fingerprint density at radius 3 is 2.59 bits per heavy atom. The van der Waals surface area contributed by atoms with Gasteiger partial charge in [-0.05, 0) is 43.7 Å². The van der Waals surface area contributed by atoms with Crippen molar-refractivity contribution in [3.63, 3.8) is 0 Å². The van der Waals surface area contributed by atoms with Crippen molar-refractivity contribution in [3.05, 3.63) is 66.5 Å². The number of hydrogen-bond donors (Lipinski definition) is 1. The number of benzene rings is 2. The van der Waals surface area contributed by atoms with E-state index < -0.39 is 0 Å². The standard InChI is InChI=1S/C21H23N3O3/c1-3-26-18-10-11-20(27-4-2)19(13-18)23-21(25)12-16-14-22-24(15-16)17-8-6-5-7-9-17/h5-11,13-15H,3-4,12H2,1-2H3,(H,23,25). The number of amides is 1. The first-order chi connectivity index (χ1) is 13.2. The highest BCUT2D eigenvalue weighted by molar-refractivity contribution is 5.93. The third-order valence-electron chi connectivity index (χ3n) is 3.86. The lowest BCUT2D eigenvalue weighted by molar-refractivity contribution is -0.115. The predicted molar refractivity (Wildman–Crippen MR) is 105 cm³/mol. The topological polar surface area (TPSA) is 65.4 Å². The molecule has 1 aromatic heterocycles. The van der Waals surface area contributed by atoms with Gasteiger partial charge in [0.1, 0.15) is 11.5 Å². The molecule has 0 aliphatic carbocycles. The van der Waals surface area contributed by atoms with E-state index in [0.717, 1.165) is 11.3 Å². The summed E-state index contributed by atoms with van der Waals surface area (Å²) in [6.45, 7) is 4.89. The van der Waals surface area contributed by atoms with Crippen molar-refractivity contribution in [3.8, 4) is 17.2 Å². The molecule has 140 valence electrons. The van der Waals surface area contributed by atoms with Crippen LogP contribution >= 0.6 is 0 Å². The van der Waals surface area contributed by atoms with Crippen LogP contribution < -0.4 is 14.8 Å². The van der Waals surface area contributed by atoms with E-state index in [1.807, 2.05) is 56.4 Å². The van der Waals surface area contributed by atoms with Gasteiger partial charge >= 0.3 is 0 Å². The first kappa shape index (κ1) is 18.5. The molecule has 1 heterocycles. The molecule has 3 rings (SSSR count). The summed E-state index contributed by atoms with van der Waals surface area (Å²) in [4.78, 5) is 12.5. The van der Waals surface area contributed by atoms with Gasteiger partial charge in [-0.2, -0.15) is 5.10 Å². The van der Waals surface area contributed by atoms with Crippen molar-refractivity contribution in [2.24, 2.45) is 0 Å². The zero-order valence-electron chi connectivity index (χ0n) is 15.5. The Balaban J connectivity index is 1.70. The Hall–Kier alpha value is -3.28. The maximum atomic E-state index is 12.5. The second kappa shape index (κ2) is 8.89. The Morgan fingerprint density at radius 2 is 1.85 bits per heavy atom. The van der Waals surface area contributed by atoms with Crippen LogP contribution in [0.2, 0.25) is 0 Å². The molecule has 0 aliphatic rings. The summed E-state index contributed by atoms with van der Waals surface area (Å²) < 4.78 is 12.9. The van der Waals surface area contributed by atoms with Gasteiger partial charge in [-0.3, -0.25) is 4.79 Å². The lowest BCUT2D eigenvalue weighted by Gasteiger charge is -2.13. The fourth-order valence-electron chi connectivity index (χ4n) is 2.70. The Kier molecular flexibility index (Phi) is 6.10. The molecule has 6 heteroatoms. The highest BCUT2D eigenvalue weighted by Crippen LogP contribution is 2.29. The van der Waals surface area contributed by atoms with E-state index in [2.05, 4.69) is 10.4 Å². The first-order valence-corrected chi connectivity index (χ1v) is 8.98. The summed E-state index contributed by atoms with van der Waals surface area (Å²) in [5.74, 6) is 1.17. The zero-order chi connectivity index (χ0) is 19.1. The summed E-state index contributed by atoms with van der Waals surface area (Å²) in [5, 5.41) is 7.23. The molecule has 1 N–H and O–H groups in total. The van der Waals surface area contributed by atoms with Gasteiger partial charge in [0.25, 0.3) is 0 Å². The van der Waals surface area contributed by atoms with Gasteiger partial charge in [0, 0.05) is 12.3 Å². The molecule has 0 saturated heterocycles. The van der Waals surface area contributed by atoms with Crippen LogP contribution in [0.4, 0.5) is 5.69 Å². The number of rotatable bonds is 8. The van der Waals surface area contributed by atoms with Gasteiger partial charge in [-0.1, -0.05) is 18.2 Å². The molecule has 27 heavy (non-hydrogen) atoms. The largest absolute Gasteiger partial charge is 0.494 e. The monoisotopic (exact) mass is 365 g/mol. The van der Waals surface area contributed by atoms with Crippen LogP contribution in [0.5, 0.6) is 11.5 Å². The Labute approximate surface area is 158 Å². The molecular formula is C21H23N3O3. The number of hydrogen-bond acceptors (Lipinski definition) is 4. The minimum atomic E-state index is -0.141. The molecule has 0 fully saturated rings. The number of nitrogens with zero attached hydrogens (tertiary/aromatic N) is 2. The van der Waals surface area contributed by atoms with Crippen molar-refractivity contribution in [2.75, 3.05) is 18.5 Å². The highest BCUT2D eigenvalue weighted by atomic mass is 16.5. The van der Waals surface area contributed by atoms with E-state index in [4.69, 9.17) is 9.47 Å². The van der Waals surface area contributed by atoms with Crippen molar-refractivity contribution >= 4 is 11.6 Å². The first-order valence-electron chi connectivity index (χ1n) is 8.98. The number of aromatic nitrogens is 2. The SMILES string of the molecule is CCOc1ccc(OCC)c(NC(=O)Cc2cnn(-c3ccccc3)c2)c1. The van der Waals surface area contributed by atoms with E-state index in [-0.39, 0.29) is 12.3 Å². The van der Waals surface area contributed by atoms with E-state index in [1.54, 1.807) is 23.0 Å². The maximum absolute atomic E-state index is 12.5. The molecule has 1 amide bonds. The van der Waals surface area contributed by atoms with Gasteiger partial charge in [-0.25, -0.2) is 4.68 Å². The second-order valence-corrected chi connectivity index (χ2v) is 5.88. The van der Waals surface area contributed by atoms with Crippen molar-refractivity contribution in [2.45, 2.75) is 20.3 Å². The van der Waals surface area contributed by atoms with Gasteiger partial charge < -0.3 is 14.8 Å². The van der Waals surface area contributed by atoms with Crippen LogP contribution in [0.1, 0.15) is 19.4 Å². The van der Waals surface area contributed by atoms with Gasteiger partial charge in [-0.15, -0.1) is 0 Å². The molecule has 2 aromatic carbocycles. The number of para-hydroxylation sites is 1. The van der Waals surface area contributed by atoms with E-state index in [1.165, 1.54) is 0 Å². The average molecular weight is 365 g/mol. The second-order valence-electron chi connectivity index (χ2n) is 5.88. The zero-order valence-corrected chi connectivity index (χ0v) is 15.5. The van der Waals surface area contributed by atoms with Gasteiger partial charge in [0.2, 0.25) is 5.91 Å². The van der Waals surface area contributed by atoms with Crippen LogP contribution in [-0.4, -0.2) is 28.9 Å². The van der Waals surface area contributed by atoms with Crippen molar-refractivity contribution in [1.29, 1.82) is 0 Å². The number of carbonyl (C=O) groups excluding carboxylic acids is 1. The minimum absolute atomic E-state index is 0.141. The van der Waals surface area contributed by atoms with Gasteiger partial charge in [0.15, 0.2) is 0 Å². The molecule has 0 radical (unpaired) electrons. The predicted octanol–water partition coefficient (Wildman–Crippen LogP) is 3.85. The number of ether oxygens (including phenoxy) is 2. The van der Waals surface area contributed by atoms with Crippen LogP contribution in [0.25, 0.3) is 5.69 Å². The average Bonchev–Trinajstić information content (AvgIpc) is 3.13. The lowest BCUT2D eigenvalue weighted by Crippen LogP contribution is -2.15. The Morgan fingerprint density at radius 1 is 1.07 bits per heavy atom. The van der Waals surface area contributed by atoms with Crippen molar-refractivity contribution < 1.29 is 14.3 Å². The third-order valence-corrected chi connectivity index (χ3v) is 3.86. The van der Waals surface area contributed by atoms with Crippen LogP contribution in [0, 0.1) is 0 Å². The van der Waals surface area contributed by atoms with Crippen LogP contribution in [-0.2, 0) is 11.2 Å². The summed E-state index contributed by atoms with van der Waals surface area (Å²) in [6, 6.07) is 15.2. The number of nitrogens with one attached hydrogen (secondary N) is 1. The summed E-state index contributed by atoms with van der Waals surface area (Å²) in [5.41, 5.74) is 2.38. The summed E-state index contributed by atoms with van der Waals surface area (Å²) >= 11 is 0. The molecule has 0 aliphatic heterocycles. The molecular weight excluding hydrogens is 342 g/mol. The fourth-order valence-corrected chi connectivity index (χ4v) is 2.70. The summed E-state index contributed by atoms with van der Waals surface area (Å²) in [6.07, 6.45) is 3.78. The molecule has 0 bridgehead atoms. The fraction of sp³-hybridized carbons (Fsp3) is 0.238. The lowest BCUT2D eigenvalue weighted by atomic mass is 10.2. The number of carbonyl (C=O) groups is 1. The summed E-state index contributed by atoms with van der Waals surface area (Å²) in [7, 11) is 0. The molecule has 6 nitrogen and oxygen atoms in total. The quantitative estimate of drug-likeness (QED) is 0.658. The highest BCUT2D eigenvalue weighted by Gasteiger charge is 2.12. The molecule has 0 atom stereocenters.